The average Bonchev–Trinajstić information content (AvgIpc) is 2.79. The molecule has 3 rings (SSSR count). The zero-order chi connectivity index (χ0) is 25.9. The van der Waals surface area contributed by atoms with Crippen LogP contribution in [0.4, 0.5) is 11.4 Å². The van der Waals surface area contributed by atoms with E-state index in [1.807, 2.05) is 36.1 Å². The molecular formula is C27H30N2O5S. The quantitative estimate of drug-likeness (QED) is 0.412. The van der Waals surface area contributed by atoms with Gasteiger partial charge in [0.15, 0.2) is 0 Å². The SMILES string of the molecule is C#CCN(c1ccc(NS(=O)(=O)c2c(C)cc(OC)c(C)c2C)c2ccccc12)[C@@H](C)CC(=O)O. The lowest BCUT2D eigenvalue weighted by molar-refractivity contribution is -0.137. The first-order valence-corrected chi connectivity index (χ1v) is 12.6. The fraction of sp³-hybridized carbons (Fsp3) is 0.296. The standard InChI is InChI=1S/C27H30N2O5S/c1-7-14-29(18(3)16-26(30)31)24-13-12-23(21-10-8-9-11-22(21)24)28-35(32,33)27-17(2)15-25(34-6)19(4)20(27)5/h1,8-13,15,18,28H,14,16H2,2-6H3,(H,30,31)/t18-/m0/s1. The van der Waals surface area contributed by atoms with Gasteiger partial charge >= 0.3 is 5.97 Å². The number of carbonyl (C=O) groups is 1. The number of aryl methyl sites for hydroxylation is 1. The molecule has 7 nitrogen and oxygen atoms in total. The van der Waals surface area contributed by atoms with Crippen molar-refractivity contribution in [3.63, 3.8) is 0 Å². The summed E-state index contributed by atoms with van der Waals surface area (Å²) in [7, 11) is -2.36. The Morgan fingerprint density at radius 3 is 2.40 bits per heavy atom. The predicted molar refractivity (Wildman–Crippen MR) is 140 cm³/mol. The van der Waals surface area contributed by atoms with Crippen LogP contribution in [0.5, 0.6) is 5.75 Å². The molecule has 0 spiro atoms. The molecule has 0 bridgehead atoms. The first-order chi connectivity index (χ1) is 16.5. The number of carboxylic acid groups (broad SMARTS) is 1. The van der Waals surface area contributed by atoms with Gasteiger partial charge in [0.05, 0.1) is 30.7 Å². The molecule has 184 valence electrons. The molecule has 3 aromatic rings. The van der Waals surface area contributed by atoms with Crippen molar-refractivity contribution in [3.05, 3.63) is 59.2 Å². The van der Waals surface area contributed by atoms with Gasteiger partial charge < -0.3 is 14.7 Å². The largest absolute Gasteiger partial charge is 0.496 e. The maximum Gasteiger partial charge on any atom is 0.305 e. The number of fused-ring (bicyclic) bond motifs is 1. The molecule has 0 aliphatic carbocycles. The molecule has 0 amide bonds. The highest BCUT2D eigenvalue weighted by Gasteiger charge is 2.25. The summed E-state index contributed by atoms with van der Waals surface area (Å²) in [5, 5.41) is 10.7. The van der Waals surface area contributed by atoms with E-state index in [0.29, 0.717) is 28.0 Å². The summed E-state index contributed by atoms with van der Waals surface area (Å²) in [6.07, 6.45) is 5.49. The van der Waals surface area contributed by atoms with E-state index in [2.05, 4.69) is 10.6 Å². The van der Waals surface area contributed by atoms with Gasteiger partial charge in [-0.3, -0.25) is 9.52 Å². The summed E-state index contributed by atoms with van der Waals surface area (Å²) in [6, 6.07) is 12.2. The number of sulfonamides is 1. The number of terminal acetylenes is 1. The number of anilines is 2. The molecule has 2 N–H and O–H groups in total. The topological polar surface area (TPSA) is 95.9 Å². The van der Waals surface area contributed by atoms with Crippen LogP contribution in [0.3, 0.4) is 0 Å². The van der Waals surface area contributed by atoms with E-state index >= 15 is 0 Å². The van der Waals surface area contributed by atoms with E-state index in [4.69, 9.17) is 11.2 Å². The number of hydrogen-bond acceptors (Lipinski definition) is 5. The van der Waals surface area contributed by atoms with Crippen LogP contribution >= 0.6 is 0 Å². The van der Waals surface area contributed by atoms with Gasteiger partial charge in [0, 0.05) is 22.5 Å². The van der Waals surface area contributed by atoms with Crippen molar-refractivity contribution in [3.8, 4) is 18.1 Å². The first kappa shape index (κ1) is 25.9. The van der Waals surface area contributed by atoms with Crippen molar-refractivity contribution in [1.82, 2.24) is 0 Å². The molecule has 8 heteroatoms. The smallest absolute Gasteiger partial charge is 0.305 e. The Kier molecular flexibility index (Phi) is 7.61. The first-order valence-electron chi connectivity index (χ1n) is 11.1. The minimum Gasteiger partial charge on any atom is -0.496 e. The molecular weight excluding hydrogens is 464 g/mol. The van der Waals surface area contributed by atoms with Crippen LogP contribution in [0.25, 0.3) is 10.8 Å². The van der Waals surface area contributed by atoms with Crippen molar-refractivity contribution in [2.45, 2.75) is 45.1 Å². The molecule has 0 heterocycles. The summed E-state index contributed by atoms with van der Waals surface area (Å²) >= 11 is 0. The highest BCUT2D eigenvalue weighted by molar-refractivity contribution is 7.92. The number of carboxylic acids is 1. The molecule has 0 fully saturated rings. The molecule has 0 saturated heterocycles. The summed E-state index contributed by atoms with van der Waals surface area (Å²) < 4.78 is 35.2. The monoisotopic (exact) mass is 494 g/mol. The Morgan fingerprint density at radius 1 is 1.14 bits per heavy atom. The maximum atomic E-state index is 13.5. The van der Waals surface area contributed by atoms with Crippen molar-refractivity contribution in [1.29, 1.82) is 0 Å². The highest BCUT2D eigenvalue weighted by atomic mass is 32.2. The molecule has 0 aromatic heterocycles. The van der Waals surface area contributed by atoms with Crippen LogP contribution in [0.1, 0.15) is 30.0 Å². The third-order valence-electron chi connectivity index (χ3n) is 6.19. The van der Waals surface area contributed by atoms with Gasteiger partial charge in [-0.05, 0) is 62.6 Å². The molecule has 0 unspecified atom stereocenters. The van der Waals surface area contributed by atoms with Crippen LogP contribution in [0, 0.1) is 33.1 Å². The van der Waals surface area contributed by atoms with Crippen LogP contribution in [0.2, 0.25) is 0 Å². The van der Waals surface area contributed by atoms with E-state index in [1.54, 1.807) is 46.1 Å². The maximum absolute atomic E-state index is 13.5. The second kappa shape index (κ2) is 10.3. The zero-order valence-electron chi connectivity index (χ0n) is 20.5. The van der Waals surface area contributed by atoms with E-state index in [-0.39, 0.29) is 23.9 Å². The van der Waals surface area contributed by atoms with Gasteiger partial charge in [-0.1, -0.05) is 30.2 Å². The number of hydrogen-bond donors (Lipinski definition) is 2. The average molecular weight is 495 g/mol. The van der Waals surface area contributed by atoms with E-state index in [0.717, 1.165) is 16.6 Å². The number of rotatable bonds is 9. The third kappa shape index (κ3) is 5.20. The van der Waals surface area contributed by atoms with Gasteiger partial charge in [0.2, 0.25) is 0 Å². The Labute approximate surface area is 206 Å². The van der Waals surface area contributed by atoms with Gasteiger partial charge in [-0.2, -0.15) is 0 Å². The van der Waals surface area contributed by atoms with E-state index < -0.39 is 16.0 Å². The molecule has 0 radical (unpaired) electrons. The number of ether oxygens (including phenoxy) is 1. The second-order valence-corrected chi connectivity index (χ2v) is 10.2. The number of nitrogens with one attached hydrogen (secondary N) is 1. The van der Waals surface area contributed by atoms with Gasteiger partial charge in [-0.25, -0.2) is 8.42 Å². The zero-order valence-corrected chi connectivity index (χ0v) is 21.4. The van der Waals surface area contributed by atoms with Crippen molar-refractivity contribution in [2.24, 2.45) is 0 Å². The highest BCUT2D eigenvalue weighted by Crippen LogP contribution is 2.36. The summed E-state index contributed by atoms with van der Waals surface area (Å²) in [5.74, 6) is 2.31. The second-order valence-electron chi connectivity index (χ2n) is 8.54. The number of benzene rings is 3. The third-order valence-corrected chi connectivity index (χ3v) is 7.84. The fourth-order valence-corrected chi connectivity index (χ4v) is 6.01. The summed E-state index contributed by atoms with van der Waals surface area (Å²) in [6.45, 7) is 7.35. The number of methoxy groups -OCH3 is 1. The molecule has 0 saturated carbocycles. The van der Waals surface area contributed by atoms with Crippen molar-refractivity contribution < 1.29 is 23.1 Å². The normalized spacial score (nSPS) is 12.1. The van der Waals surface area contributed by atoms with Crippen molar-refractivity contribution in [2.75, 3.05) is 23.3 Å². The van der Waals surface area contributed by atoms with E-state index in [9.17, 15) is 18.3 Å². The number of nitrogens with zero attached hydrogens (tertiary/aromatic N) is 1. The molecule has 1 atom stereocenters. The lowest BCUT2D eigenvalue weighted by Gasteiger charge is -2.30. The Balaban J connectivity index is 2.12. The summed E-state index contributed by atoms with van der Waals surface area (Å²) in [4.78, 5) is 13.4. The minimum absolute atomic E-state index is 0.0836. The predicted octanol–water partition coefficient (Wildman–Crippen LogP) is 4.88. The Hall–Kier alpha value is -3.70. The van der Waals surface area contributed by atoms with Gasteiger partial charge in [-0.15, -0.1) is 6.42 Å². The van der Waals surface area contributed by atoms with Crippen LogP contribution in [-0.2, 0) is 14.8 Å². The van der Waals surface area contributed by atoms with Crippen LogP contribution in [-0.4, -0.2) is 39.2 Å². The molecule has 3 aromatic carbocycles. The lowest BCUT2D eigenvalue weighted by Crippen LogP contribution is -2.35. The van der Waals surface area contributed by atoms with Crippen LogP contribution in [0.15, 0.2) is 47.4 Å². The minimum atomic E-state index is -3.92. The van der Waals surface area contributed by atoms with Gasteiger partial charge in [0.25, 0.3) is 10.0 Å². The molecule has 35 heavy (non-hydrogen) atoms. The summed E-state index contributed by atoms with van der Waals surface area (Å²) in [5.41, 5.74) is 3.13. The molecule has 0 aliphatic heterocycles. The molecule has 0 aliphatic rings. The fourth-order valence-electron chi connectivity index (χ4n) is 4.40. The Morgan fingerprint density at radius 2 is 1.80 bits per heavy atom. The number of aliphatic carboxylic acids is 1. The van der Waals surface area contributed by atoms with Gasteiger partial charge in [0.1, 0.15) is 5.75 Å². The van der Waals surface area contributed by atoms with E-state index in [1.165, 1.54) is 0 Å². The lowest BCUT2D eigenvalue weighted by atomic mass is 10.0. The Bertz CT molecular complexity index is 1420. The van der Waals surface area contributed by atoms with Crippen molar-refractivity contribution >= 4 is 38.1 Å². The van der Waals surface area contributed by atoms with Crippen LogP contribution < -0.4 is 14.4 Å².